The summed E-state index contributed by atoms with van der Waals surface area (Å²) in [5, 5.41) is 3.76. The van der Waals surface area contributed by atoms with Crippen LogP contribution in [0, 0.1) is 11.8 Å². The van der Waals surface area contributed by atoms with Crippen molar-refractivity contribution in [3.05, 3.63) is 0 Å². The SMILES string of the molecule is CCCCCC(C)CN=C1NC(=O)C(C)([C@H]2CCOC2)S1. The van der Waals surface area contributed by atoms with Crippen molar-refractivity contribution in [3.8, 4) is 0 Å². The fourth-order valence-corrected chi connectivity index (χ4v) is 4.06. The molecule has 5 heteroatoms. The Hall–Kier alpha value is -0.550. The van der Waals surface area contributed by atoms with E-state index in [1.54, 1.807) is 11.8 Å². The summed E-state index contributed by atoms with van der Waals surface area (Å²) in [4.78, 5) is 16.9. The molecule has 2 aliphatic rings. The fraction of sp³-hybridized carbons (Fsp3) is 0.875. The van der Waals surface area contributed by atoms with E-state index < -0.39 is 4.75 Å². The third-order valence-electron chi connectivity index (χ3n) is 4.54. The smallest absolute Gasteiger partial charge is 0.242 e. The van der Waals surface area contributed by atoms with Crippen LogP contribution in [0.15, 0.2) is 4.99 Å². The maximum atomic E-state index is 12.3. The van der Waals surface area contributed by atoms with Crippen molar-refractivity contribution < 1.29 is 9.53 Å². The Kier molecular flexibility index (Phi) is 6.11. The zero-order valence-electron chi connectivity index (χ0n) is 13.5. The first-order valence-electron chi connectivity index (χ1n) is 8.19. The van der Waals surface area contributed by atoms with E-state index in [1.165, 1.54) is 25.7 Å². The van der Waals surface area contributed by atoms with E-state index in [4.69, 9.17) is 4.74 Å². The minimum absolute atomic E-state index is 0.0976. The lowest BCUT2D eigenvalue weighted by Gasteiger charge is -2.24. The molecule has 2 fully saturated rings. The van der Waals surface area contributed by atoms with E-state index in [1.807, 2.05) is 6.92 Å². The van der Waals surface area contributed by atoms with Gasteiger partial charge in [0.15, 0.2) is 5.17 Å². The zero-order valence-corrected chi connectivity index (χ0v) is 14.3. The van der Waals surface area contributed by atoms with Crippen molar-refractivity contribution >= 4 is 22.8 Å². The summed E-state index contributed by atoms with van der Waals surface area (Å²) in [6.45, 7) is 8.77. The Balaban J connectivity index is 1.85. The first kappa shape index (κ1) is 16.8. The molecule has 120 valence electrons. The molecule has 2 unspecified atom stereocenters. The van der Waals surface area contributed by atoms with Gasteiger partial charge in [-0.25, -0.2) is 0 Å². The van der Waals surface area contributed by atoms with Gasteiger partial charge in [0.05, 0.1) is 6.61 Å². The topological polar surface area (TPSA) is 50.7 Å². The van der Waals surface area contributed by atoms with E-state index in [9.17, 15) is 4.79 Å². The predicted molar refractivity (Wildman–Crippen MR) is 88.7 cm³/mol. The van der Waals surface area contributed by atoms with Crippen LogP contribution in [0.2, 0.25) is 0 Å². The first-order chi connectivity index (χ1) is 10.1. The van der Waals surface area contributed by atoms with Gasteiger partial charge < -0.3 is 10.1 Å². The highest BCUT2D eigenvalue weighted by Crippen LogP contribution is 2.41. The Labute approximate surface area is 132 Å². The number of amides is 1. The standard InChI is InChI=1S/C16H28N2O2S/c1-4-5-6-7-12(2)10-17-15-18-14(19)16(3,21-15)13-8-9-20-11-13/h12-13H,4-11H2,1-3H3,(H,17,18,19)/t12?,13-,16?/m0/s1. The third-order valence-corrected chi connectivity index (χ3v) is 5.90. The van der Waals surface area contributed by atoms with E-state index in [-0.39, 0.29) is 5.91 Å². The Morgan fingerprint density at radius 2 is 2.33 bits per heavy atom. The van der Waals surface area contributed by atoms with Crippen LogP contribution in [0.1, 0.15) is 52.9 Å². The molecule has 3 atom stereocenters. The maximum Gasteiger partial charge on any atom is 0.242 e. The van der Waals surface area contributed by atoms with Crippen molar-refractivity contribution in [1.82, 2.24) is 5.32 Å². The Morgan fingerprint density at radius 1 is 1.52 bits per heavy atom. The highest BCUT2D eigenvalue weighted by molar-refractivity contribution is 8.16. The van der Waals surface area contributed by atoms with Crippen molar-refractivity contribution in [2.45, 2.75) is 57.6 Å². The number of thioether (sulfide) groups is 1. The average Bonchev–Trinajstić information content (AvgIpc) is 3.07. The number of nitrogens with one attached hydrogen (secondary N) is 1. The molecule has 0 aromatic carbocycles. The quantitative estimate of drug-likeness (QED) is 0.734. The van der Waals surface area contributed by atoms with Crippen LogP contribution >= 0.6 is 11.8 Å². The molecule has 2 aliphatic heterocycles. The van der Waals surface area contributed by atoms with Gasteiger partial charge >= 0.3 is 0 Å². The van der Waals surface area contributed by atoms with E-state index in [0.717, 1.165) is 24.7 Å². The van der Waals surface area contributed by atoms with Crippen LogP contribution in [0.5, 0.6) is 0 Å². The van der Waals surface area contributed by atoms with E-state index in [2.05, 4.69) is 24.2 Å². The molecule has 2 heterocycles. The molecule has 0 radical (unpaired) electrons. The van der Waals surface area contributed by atoms with Crippen molar-refractivity contribution in [1.29, 1.82) is 0 Å². The van der Waals surface area contributed by atoms with Crippen LogP contribution in [0.3, 0.4) is 0 Å². The van der Waals surface area contributed by atoms with E-state index >= 15 is 0 Å². The van der Waals surface area contributed by atoms with Gasteiger partial charge in [0.25, 0.3) is 0 Å². The molecule has 0 aromatic rings. The monoisotopic (exact) mass is 312 g/mol. The highest BCUT2D eigenvalue weighted by Gasteiger charge is 2.49. The Morgan fingerprint density at radius 3 is 3.00 bits per heavy atom. The predicted octanol–water partition coefficient (Wildman–Crippen LogP) is 3.22. The molecular formula is C16H28N2O2S. The molecule has 0 aromatic heterocycles. The second-order valence-electron chi connectivity index (χ2n) is 6.47. The highest BCUT2D eigenvalue weighted by atomic mass is 32.2. The van der Waals surface area contributed by atoms with Crippen LogP contribution in [-0.2, 0) is 9.53 Å². The molecule has 0 saturated carbocycles. The molecule has 1 amide bonds. The van der Waals surface area contributed by atoms with Crippen LogP contribution in [0.4, 0.5) is 0 Å². The van der Waals surface area contributed by atoms with Crippen molar-refractivity contribution in [2.24, 2.45) is 16.8 Å². The first-order valence-corrected chi connectivity index (χ1v) is 9.00. The second kappa shape index (κ2) is 7.63. The molecule has 0 aliphatic carbocycles. The summed E-state index contributed by atoms with van der Waals surface area (Å²) >= 11 is 1.60. The van der Waals surface area contributed by atoms with Crippen LogP contribution < -0.4 is 5.32 Å². The zero-order chi connectivity index (χ0) is 15.3. The number of aliphatic imine (C=N–C) groups is 1. The summed E-state index contributed by atoms with van der Waals surface area (Å²) in [5.41, 5.74) is 0. The second-order valence-corrected chi connectivity index (χ2v) is 7.91. The van der Waals surface area contributed by atoms with Gasteiger partial charge in [-0.05, 0) is 25.7 Å². The van der Waals surface area contributed by atoms with Crippen LogP contribution in [-0.4, -0.2) is 35.6 Å². The van der Waals surface area contributed by atoms with Gasteiger partial charge in [0, 0.05) is 19.1 Å². The number of carbonyl (C=O) groups is 1. The third kappa shape index (κ3) is 4.22. The lowest BCUT2D eigenvalue weighted by Crippen LogP contribution is -2.40. The summed E-state index contributed by atoms with van der Waals surface area (Å²) < 4.78 is 5.04. The average molecular weight is 312 g/mol. The number of unbranched alkanes of at least 4 members (excludes halogenated alkanes) is 2. The summed E-state index contributed by atoms with van der Waals surface area (Å²) in [7, 11) is 0. The number of nitrogens with zero attached hydrogens (tertiary/aromatic N) is 1. The molecule has 2 saturated heterocycles. The minimum Gasteiger partial charge on any atom is -0.381 e. The van der Waals surface area contributed by atoms with Gasteiger partial charge in [0.1, 0.15) is 4.75 Å². The van der Waals surface area contributed by atoms with Crippen molar-refractivity contribution in [2.75, 3.05) is 19.8 Å². The number of hydrogen-bond donors (Lipinski definition) is 1. The lowest BCUT2D eigenvalue weighted by molar-refractivity contribution is -0.122. The summed E-state index contributed by atoms with van der Waals surface area (Å²) in [6.07, 6.45) is 6.02. The number of carbonyl (C=O) groups excluding carboxylic acids is 1. The molecule has 0 bridgehead atoms. The fourth-order valence-electron chi connectivity index (χ4n) is 2.88. The van der Waals surface area contributed by atoms with Gasteiger partial charge in [-0.3, -0.25) is 9.79 Å². The molecule has 1 N–H and O–H groups in total. The van der Waals surface area contributed by atoms with E-state index in [0.29, 0.717) is 18.4 Å². The van der Waals surface area contributed by atoms with Crippen molar-refractivity contribution in [3.63, 3.8) is 0 Å². The van der Waals surface area contributed by atoms with Gasteiger partial charge in [-0.1, -0.05) is 44.9 Å². The number of rotatable bonds is 7. The molecule has 21 heavy (non-hydrogen) atoms. The molecular weight excluding hydrogens is 284 g/mol. The largest absolute Gasteiger partial charge is 0.381 e. The van der Waals surface area contributed by atoms with Crippen LogP contribution in [0.25, 0.3) is 0 Å². The van der Waals surface area contributed by atoms with Gasteiger partial charge in [-0.15, -0.1) is 0 Å². The normalized spacial score (nSPS) is 32.6. The Bertz CT molecular complexity index is 394. The number of amidine groups is 1. The minimum atomic E-state index is -0.402. The summed E-state index contributed by atoms with van der Waals surface area (Å²) in [5.74, 6) is 0.987. The number of ether oxygens (including phenoxy) is 1. The number of hydrogen-bond acceptors (Lipinski definition) is 4. The molecule has 4 nitrogen and oxygen atoms in total. The molecule has 0 spiro atoms. The van der Waals surface area contributed by atoms with Gasteiger partial charge in [-0.2, -0.15) is 0 Å². The van der Waals surface area contributed by atoms with Gasteiger partial charge in [0.2, 0.25) is 5.91 Å². The maximum absolute atomic E-state index is 12.3. The lowest BCUT2D eigenvalue weighted by atomic mass is 9.92. The summed E-state index contributed by atoms with van der Waals surface area (Å²) in [6, 6.07) is 0. The molecule has 2 rings (SSSR count).